The SMILES string of the molecule is Cc1ccc(S(=O)(=O)[C@H](CCC(=O)c2ccc(Cl)cc2)C(N)=O)cc1. The molecule has 0 aliphatic rings. The zero-order valence-corrected chi connectivity index (χ0v) is 15.2. The second-order valence-electron chi connectivity index (χ2n) is 5.72. The number of aryl methyl sites for hydroxylation is 1. The molecular formula is C18H18ClNO4S. The van der Waals surface area contributed by atoms with Crippen LogP contribution in [-0.4, -0.2) is 25.4 Å². The lowest BCUT2D eigenvalue weighted by Crippen LogP contribution is -2.36. The van der Waals surface area contributed by atoms with Gasteiger partial charge < -0.3 is 5.73 Å². The summed E-state index contributed by atoms with van der Waals surface area (Å²) < 4.78 is 25.3. The standard InChI is InChI=1S/C18H18ClNO4S/c1-12-2-8-15(9-3-12)25(23,24)17(18(20)22)11-10-16(21)13-4-6-14(19)7-5-13/h2-9,17H,10-11H2,1H3,(H2,20,22)/t17-/m1/s1. The Labute approximate surface area is 151 Å². The van der Waals surface area contributed by atoms with Crippen molar-refractivity contribution in [1.82, 2.24) is 0 Å². The molecule has 0 aromatic heterocycles. The van der Waals surface area contributed by atoms with Gasteiger partial charge in [-0.05, 0) is 49.7 Å². The molecule has 25 heavy (non-hydrogen) atoms. The van der Waals surface area contributed by atoms with Gasteiger partial charge in [-0.1, -0.05) is 29.3 Å². The Balaban J connectivity index is 2.18. The lowest BCUT2D eigenvalue weighted by Gasteiger charge is -2.14. The summed E-state index contributed by atoms with van der Waals surface area (Å²) in [4.78, 5) is 23.9. The molecule has 1 amide bonds. The highest BCUT2D eigenvalue weighted by Crippen LogP contribution is 2.21. The van der Waals surface area contributed by atoms with Gasteiger partial charge in [-0.15, -0.1) is 0 Å². The van der Waals surface area contributed by atoms with E-state index in [0.29, 0.717) is 10.6 Å². The van der Waals surface area contributed by atoms with Gasteiger partial charge in [0.15, 0.2) is 15.6 Å². The average Bonchev–Trinajstić information content (AvgIpc) is 2.55. The molecule has 1 atom stereocenters. The number of hydrogen-bond acceptors (Lipinski definition) is 4. The number of hydrogen-bond donors (Lipinski definition) is 1. The van der Waals surface area contributed by atoms with Crippen molar-refractivity contribution in [3.63, 3.8) is 0 Å². The van der Waals surface area contributed by atoms with Gasteiger partial charge in [0.25, 0.3) is 0 Å². The van der Waals surface area contributed by atoms with Crippen LogP contribution >= 0.6 is 11.6 Å². The Morgan fingerprint density at radius 3 is 2.12 bits per heavy atom. The summed E-state index contributed by atoms with van der Waals surface area (Å²) in [7, 11) is -3.95. The number of benzene rings is 2. The van der Waals surface area contributed by atoms with Gasteiger partial charge in [0.1, 0.15) is 5.25 Å². The van der Waals surface area contributed by atoms with Crippen LogP contribution in [-0.2, 0) is 14.6 Å². The van der Waals surface area contributed by atoms with E-state index < -0.39 is 21.0 Å². The van der Waals surface area contributed by atoms with Crippen molar-refractivity contribution in [2.45, 2.75) is 29.9 Å². The molecule has 132 valence electrons. The van der Waals surface area contributed by atoms with E-state index >= 15 is 0 Å². The number of halogens is 1. The Kier molecular flexibility index (Phi) is 5.98. The molecule has 7 heteroatoms. The van der Waals surface area contributed by atoms with Crippen LogP contribution in [0, 0.1) is 6.92 Å². The first-order valence-electron chi connectivity index (χ1n) is 7.60. The highest BCUT2D eigenvalue weighted by atomic mass is 35.5. The molecule has 0 unspecified atom stereocenters. The van der Waals surface area contributed by atoms with Gasteiger partial charge in [0.05, 0.1) is 4.90 Å². The second-order valence-corrected chi connectivity index (χ2v) is 8.28. The molecule has 2 aromatic carbocycles. The zero-order chi connectivity index (χ0) is 18.6. The highest BCUT2D eigenvalue weighted by molar-refractivity contribution is 7.92. The summed E-state index contributed by atoms with van der Waals surface area (Å²) in [6.07, 6.45) is -0.284. The molecule has 0 aliphatic carbocycles. The lowest BCUT2D eigenvalue weighted by atomic mass is 10.1. The normalized spacial score (nSPS) is 12.6. The summed E-state index contributed by atoms with van der Waals surface area (Å²) in [5.74, 6) is -1.24. The molecule has 0 spiro atoms. The van der Waals surface area contributed by atoms with E-state index in [4.69, 9.17) is 17.3 Å². The van der Waals surface area contributed by atoms with E-state index in [9.17, 15) is 18.0 Å². The molecule has 0 heterocycles. The fourth-order valence-corrected chi connectivity index (χ4v) is 4.09. The van der Waals surface area contributed by atoms with Crippen LogP contribution in [0.1, 0.15) is 28.8 Å². The van der Waals surface area contributed by atoms with Crippen molar-refractivity contribution < 1.29 is 18.0 Å². The predicted molar refractivity (Wildman–Crippen MR) is 96.4 cm³/mol. The van der Waals surface area contributed by atoms with E-state index in [0.717, 1.165) is 5.56 Å². The summed E-state index contributed by atoms with van der Waals surface area (Å²) >= 11 is 5.77. The van der Waals surface area contributed by atoms with Gasteiger partial charge in [-0.25, -0.2) is 8.42 Å². The van der Waals surface area contributed by atoms with Crippen LogP contribution in [0.2, 0.25) is 5.02 Å². The van der Waals surface area contributed by atoms with E-state index in [1.165, 1.54) is 12.1 Å². The number of carbonyl (C=O) groups is 2. The molecule has 2 rings (SSSR count). The van der Waals surface area contributed by atoms with E-state index in [1.807, 2.05) is 6.92 Å². The first kappa shape index (κ1) is 19.1. The molecule has 5 nitrogen and oxygen atoms in total. The fourth-order valence-electron chi connectivity index (χ4n) is 2.38. The molecule has 0 aliphatic heterocycles. The summed E-state index contributed by atoms with van der Waals surface area (Å²) in [6.45, 7) is 1.83. The molecule has 2 N–H and O–H groups in total. The summed E-state index contributed by atoms with van der Waals surface area (Å²) in [5.41, 5.74) is 6.59. The first-order valence-corrected chi connectivity index (χ1v) is 9.53. The van der Waals surface area contributed by atoms with E-state index in [-0.39, 0.29) is 23.5 Å². The lowest BCUT2D eigenvalue weighted by molar-refractivity contribution is -0.117. The average molecular weight is 380 g/mol. The third kappa shape index (κ3) is 4.67. The minimum atomic E-state index is -3.95. The second kappa shape index (κ2) is 7.80. The number of amides is 1. The Morgan fingerprint density at radius 2 is 1.60 bits per heavy atom. The van der Waals surface area contributed by atoms with Crippen molar-refractivity contribution in [3.05, 3.63) is 64.7 Å². The number of carbonyl (C=O) groups excluding carboxylic acids is 2. The number of ketones is 1. The minimum absolute atomic E-state index is 0.0147. The number of rotatable bonds is 7. The molecule has 0 fully saturated rings. The predicted octanol–water partition coefficient (Wildman–Crippen LogP) is 2.94. The van der Waals surface area contributed by atoms with Crippen LogP contribution in [0.5, 0.6) is 0 Å². The van der Waals surface area contributed by atoms with Crippen LogP contribution in [0.15, 0.2) is 53.4 Å². The maximum atomic E-state index is 12.6. The topological polar surface area (TPSA) is 94.3 Å². The quantitative estimate of drug-likeness (QED) is 0.748. The van der Waals surface area contributed by atoms with E-state index in [1.54, 1.807) is 36.4 Å². The Morgan fingerprint density at radius 1 is 1.04 bits per heavy atom. The molecule has 2 aromatic rings. The molecular weight excluding hydrogens is 362 g/mol. The number of Topliss-reactive ketones (excluding diaryl/α,β-unsaturated/α-hetero) is 1. The number of sulfone groups is 1. The van der Waals surface area contributed by atoms with Crippen molar-refractivity contribution in [2.24, 2.45) is 5.73 Å². The van der Waals surface area contributed by atoms with Crippen LogP contribution < -0.4 is 5.73 Å². The van der Waals surface area contributed by atoms with Crippen LogP contribution in [0.4, 0.5) is 0 Å². The van der Waals surface area contributed by atoms with E-state index in [2.05, 4.69) is 0 Å². The molecule has 0 radical (unpaired) electrons. The van der Waals surface area contributed by atoms with Crippen molar-refractivity contribution in [3.8, 4) is 0 Å². The van der Waals surface area contributed by atoms with Gasteiger partial charge in [-0.2, -0.15) is 0 Å². The third-order valence-corrected chi connectivity index (χ3v) is 6.24. The summed E-state index contributed by atoms with van der Waals surface area (Å²) in [5, 5.41) is -0.958. The van der Waals surface area contributed by atoms with Crippen LogP contribution in [0.3, 0.4) is 0 Å². The third-order valence-electron chi connectivity index (χ3n) is 3.84. The van der Waals surface area contributed by atoms with Crippen LogP contribution in [0.25, 0.3) is 0 Å². The van der Waals surface area contributed by atoms with Gasteiger partial charge in [-0.3, -0.25) is 9.59 Å². The first-order chi connectivity index (χ1) is 11.7. The van der Waals surface area contributed by atoms with Crippen molar-refractivity contribution in [1.29, 1.82) is 0 Å². The number of primary amides is 1. The molecule has 0 bridgehead atoms. The fraction of sp³-hybridized carbons (Fsp3) is 0.222. The Hall–Kier alpha value is -2.18. The van der Waals surface area contributed by atoms with Crippen molar-refractivity contribution >= 4 is 33.1 Å². The largest absolute Gasteiger partial charge is 0.369 e. The van der Waals surface area contributed by atoms with Gasteiger partial charge in [0, 0.05) is 17.0 Å². The van der Waals surface area contributed by atoms with Crippen molar-refractivity contribution in [2.75, 3.05) is 0 Å². The summed E-state index contributed by atoms with van der Waals surface area (Å²) in [6, 6.07) is 12.4. The van der Waals surface area contributed by atoms with Gasteiger partial charge >= 0.3 is 0 Å². The highest BCUT2D eigenvalue weighted by Gasteiger charge is 2.32. The zero-order valence-electron chi connectivity index (χ0n) is 13.6. The van der Waals surface area contributed by atoms with Gasteiger partial charge in [0.2, 0.25) is 5.91 Å². The smallest absolute Gasteiger partial charge is 0.236 e. The number of nitrogens with two attached hydrogens (primary N) is 1. The monoisotopic (exact) mass is 379 g/mol. The maximum Gasteiger partial charge on any atom is 0.236 e. The minimum Gasteiger partial charge on any atom is -0.369 e. The molecule has 0 saturated heterocycles. The maximum absolute atomic E-state index is 12.6. The Bertz CT molecular complexity index is 874. The molecule has 0 saturated carbocycles.